The minimum absolute atomic E-state index is 0. The van der Waals surface area contributed by atoms with Crippen LogP contribution < -0.4 is 11.1 Å². The molecule has 1 heterocycles. The van der Waals surface area contributed by atoms with E-state index in [0.717, 1.165) is 6.42 Å². The second-order valence-corrected chi connectivity index (χ2v) is 5.85. The molecule has 23 heavy (non-hydrogen) atoms. The highest BCUT2D eigenvalue weighted by molar-refractivity contribution is 6.34. The van der Waals surface area contributed by atoms with Gasteiger partial charge in [-0.3, -0.25) is 9.59 Å². The van der Waals surface area contributed by atoms with Crippen LogP contribution in [-0.2, 0) is 9.53 Å². The summed E-state index contributed by atoms with van der Waals surface area (Å²) in [5.74, 6) is -0.411. The number of rotatable bonds is 4. The number of anilines is 1. The zero-order valence-corrected chi connectivity index (χ0v) is 14.6. The summed E-state index contributed by atoms with van der Waals surface area (Å²) in [6.45, 7) is 0.414. The number of carbonyl (C=O) groups is 2. The average Bonchev–Trinajstić information content (AvgIpc) is 2.95. The fraction of sp³-hybridized carbons (Fsp3) is 0.467. The van der Waals surface area contributed by atoms with Crippen LogP contribution >= 0.6 is 24.0 Å². The number of carbonyl (C=O) groups excluding carboxylic acids is 2. The molecule has 1 saturated heterocycles. The van der Waals surface area contributed by atoms with Crippen molar-refractivity contribution < 1.29 is 14.3 Å². The normalized spacial score (nSPS) is 19.8. The molecule has 0 aromatic heterocycles. The number of hydrogen-bond donors (Lipinski definition) is 2. The van der Waals surface area contributed by atoms with Crippen molar-refractivity contribution in [3.8, 4) is 0 Å². The van der Waals surface area contributed by atoms with Crippen LogP contribution in [0.1, 0.15) is 23.2 Å². The molecular formula is C15H21Cl2N3O3. The van der Waals surface area contributed by atoms with E-state index in [-0.39, 0.29) is 30.3 Å². The Bertz CT molecular complexity index is 581. The Morgan fingerprint density at radius 3 is 2.61 bits per heavy atom. The fourth-order valence-corrected chi connectivity index (χ4v) is 2.56. The lowest BCUT2D eigenvalue weighted by molar-refractivity contribution is -0.126. The van der Waals surface area contributed by atoms with Gasteiger partial charge in [-0.25, -0.2) is 0 Å². The highest BCUT2D eigenvalue weighted by Crippen LogP contribution is 2.24. The summed E-state index contributed by atoms with van der Waals surface area (Å²) in [4.78, 5) is 25.5. The van der Waals surface area contributed by atoms with E-state index in [1.807, 2.05) is 0 Å². The molecular weight excluding hydrogens is 341 g/mol. The van der Waals surface area contributed by atoms with Gasteiger partial charge in [0.1, 0.15) is 6.10 Å². The molecule has 2 rings (SSSR count). The second kappa shape index (κ2) is 8.49. The molecule has 8 heteroatoms. The Morgan fingerprint density at radius 2 is 2.09 bits per heavy atom. The smallest absolute Gasteiger partial charge is 0.254 e. The van der Waals surface area contributed by atoms with Gasteiger partial charge in [0.25, 0.3) is 11.8 Å². The number of hydrogen-bond acceptors (Lipinski definition) is 4. The minimum atomic E-state index is -0.490. The Hall–Kier alpha value is -1.34. The first-order chi connectivity index (χ1) is 10.4. The summed E-state index contributed by atoms with van der Waals surface area (Å²) >= 11 is 6.11. The number of amides is 2. The van der Waals surface area contributed by atoms with Crippen molar-refractivity contribution in [2.45, 2.75) is 25.0 Å². The molecule has 3 N–H and O–H groups in total. The fourth-order valence-electron chi connectivity index (χ4n) is 2.30. The van der Waals surface area contributed by atoms with E-state index in [1.54, 1.807) is 32.3 Å². The van der Waals surface area contributed by atoms with Gasteiger partial charge in [-0.2, -0.15) is 0 Å². The summed E-state index contributed by atoms with van der Waals surface area (Å²) in [5, 5.41) is 3.05. The van der Waals surface area contributed by atoms with Gasteiger partial charge in [0.2, 0.25) is 0 Å². The Morgan fingerprint density at radius 1 is 1.39 bits per heavy atom. The van der Waals surface area contributed by atoms with Crippen molar-refractivity contribution in [1.29, 1.82) is 0 Å². The molecule has 1 aromatic carbocycles. The lowest BCUT2D eigenvalue weighted by Gasteiger charge is -2.15. The van der Waals surface area contributed by atoms with Crippen LogP contribution in [0.15, 0.2) is 18.2 Å². The van der Waals surface area contributed by atoms with Crippen LogP contribution in [0.5, 0.6) is 0 Å². The predicted molar refractivity (Wildman–Crippen MR) is 92.3 cm³/mol. The number of halogens is 2. The minimum Gasteiger partial charge on any atom is -0.364 e. The average molecular weight is 362 g/mol. The molecule has 0 saturated carbocycles. The Balaban J connectivity index is 0.00000264. The topological polar surface area (TPSA) is 84.7 Å². The van der Waals surface area contributed by atoms with Gasteiger partial charge in [-0.05, 0) is 31.0 Å². The van der Waals surface area contributed by atoms with E-state index < -0.39 is 6.10 Å². The molecule has 1 aliphatic heterocycles. The summed E-state index contributed by atoms with van der Waals surface area (Å²) < 4.78 is 5.54. The molecule has 0 aliphatic carbocycles. The maximum absolute atomic E-state index is 12.1. The quantitative estimate of drug-likeness (QED) is 0.857. The SMILES string of the molecule is CN(C)C(=O)c1ccc(NC(=O)[C@@H]2CC[C@H](CN)O2)cc1Cl.Cl. The number of nitrogens with one attached hydrogen (secondary N) is 1. The molecule has 0 spiro atoms. The molecule has 2 atom stereocenters. The summed E-state index contributed by atoms with van der Waals surface area (Å²) in [7, 11) is 3.30. The maximum Gasteiger partial charge on any atom is 0.254 e. The third kappa shape index (κ3) is 4.81. The first-order valence-electron chi connectivity index (χ1n) is 7.10. The van der Waals surface area contributed by atoms with Crippen molar-refractivity contribution in [1.82, 2.24) is 4.90 Å². The van der Waals surface area contributed by atoms with Crippen molar-refractivity contribution in [3.63, 3.8) is 0 Å². The third-order valence-corrected chi connectivity index (χ3v) is 3.85. The predicted octanol–water partition coefficient (Wildman–Crippen LogP) is 1.91. The zero-order valence-electron chi connectivity index (χ0n) is 13.0. The van der Waals surface area contributed by atoms with Crippen molar-refractivity contribution in [2.75, 3.05) is 26.0 Å². The van der Waals surface area contributed by atoms with E-state index in [0.29, 0.717) is 29.2 Å². The van der Waals surface area contributed by atoms with E-state index in [2.05, 4.69) is 5.32 Å². The first kappa shape index (κ1) is 19.7. The number of nitrogens with two attached hydrogens (primary N) is 1. The lowest BCUT2D eigenvalue weighted by atomic mass is 10.1. The van der Waals surface area contributed by atoms with E-state index in [9.17, 15) is 9.59 Å². The van der Waals surface area contributed by atoms with Gasteiger partial charge in [0, 0.05) is 26.3 Å². The van der Waals surface area contributed by atoms with Gasteiger partial charge < -0.3 is 20.7 Å². The van der Waals surface area contributed by atoms with Crippen LogP contribution in [0.25, 0.3) is 0 Å². The first-order valence-corrected chi connectivity index (χ1v) is 7.47. The summed E-state index contributed by atoms with van der Waals surface area (Å²) in [6, 6.07) is 4.81. The summed E-state index contributed by atoms with van der Waals surface area (Å²) in [5.41, 5.74) is 6.45. The molecule has 1 aromatic rings. The highest BCUT2D eigenvalue weighted by atomic mass is 35.5. The molecule has 0 unspecified atom stereocenters. The van der Waals surface area contributed by atoms with Crippen LogP contribution in [-0.4, -0.2) is 49.6 Å². The molecule has 0 radical (unpaired) electrons. The van der Waals surface area contributed by atoms with Crippen LogP contribution in [0, 0.1) is 0 Å². The lowest BCUT2D eigenvalue weighted by Crippen LogP contribution is -2.29. The third-order valence-electron chi connectivity index (χ3n) is 3.54. The highest BCUT2D eigenvalue weighted by Gasteiger charge is 2.29. The molecule has 128 valence electrons. The van der Waals surface area contributed by atoms with Gasteiger partial charge >= 0.3 is 0 Å². The molecule has 2 amide bonds. The monoisotopic (exact) mass is 361 g/mol. The van der Waals surface area contributed by atoms with Crippen LogP contribution in [0.2, 0.25) is 5.02 Å². The molecule has 6 nitrogen and oxygen atoms in total. The zero-order chi connectivity index (χ0) is 16.3. The van der Waals surface area contributed by atoms with Gasteiger partial charge in [0.15, 0.2) is 0 Å². The number of nitrogens with zero attached hydrogens (tertiary/aromatic N) is 1. The van der Waals surface area contributed by atoms with E-state index in [1.165, 1.54) is 4.90 Å². The van der Waals surface area contributed by atoms with Crippen LogP contribution in [0.4, 0.5) is 5.69 Å². The van der Waals surface area contributed by atoms with E-state index in [4.69, 9.17) is 22.1 Å². The standard InChI is InChI=1S/C15H20ClN3O3.ClH/c1-19(2)15(21)11-5-3-9(7-12(11)16)18-14(20)13-6-4-10(8-17)22-13;/h3,5,7,10,13H,4,6,8,17H2,1-2H3,(H,18,20);1H/t10-,13+;/m1./s1. The second-order valence-electron chi connectivity index (χ2n) is 5.44. The van der Waals surface area contributed by atoms with Gasteiger partial charge in [-0.15, -0.1) is 12.4 Å². The molecule has 1 fully saturated rings. The van der Waals surface area contributed by atoms with Gasteiger partial charge in [0.05, 0.1) is 16.7 Å². The van der Waals surface area contributed by atoms with Crippen molar-refractivity contribution >= 4 is 41.5 Å². The summed E-state index contributed by atoms with van der Waals surface area (Å²) in [6.07, 6.45) is 0.888. The van der Waals surface area contributed by atoms with Crippen molar-refractivity contribution in [3.05, 3.63) is 28.8 Å². The van der Waals surface area contributed by atoms with Crippen LogP contribution in [0.3, 0.4) is 0 Å². The Kier molecular flexibility index (Phi) is 7.28. The number of ether oxygens (including phenoxy) is 1. The molecule has 1 aliphatic rings. The Labute approximate surface area is 146 Å². The largest absolute Gasteiger partial charge is 0.364 e. The van der Waals surface area contributed by atoms with Gasteiger partial charge in [-0.1, -0.05) is 11.6 Å². The van der Waals surface area contributed by atoms with Crippen molar-refractivity contribution in [2.24, 2.45) is 5.73 Å². The molecule has 0 bridgehead atoms. The maximum atomic E-state index is 12.1. The number of benzene rings is 1. The van der Waals surface area contributed by atoms with E-state index >= 15 is 0 Å².